The molecule has 0 radical (unpaired) electrons. The fourth-order valence-electron chi connectivity index (χ4n) is 3.37. The molecule has 3 aromatic rings. The first kappa shape index (κ1) is 17.4. The minimum atomic E-state index is 0.675. The number of benzene rings is 1. The standard InChI is InChI=1S/C20H21N5O2/c1-26-18-4-3-5-19(27-2)16(18)12-25-7-6-17-15(11-25)10-23-20(24-17)14-8-21-13-22-9-14/h3-5,8-10,13H,6-7,11-12H2,1-2H3. The van der Waals surface area contributed by atoms with Crippen LogP contribution in [0.15, 0.2) is 43.1 Å². The third-order valence-corrected chi connectivity index (χ3v) is 4.74. The van der Waals surface area contributed by atoms with Crippen molar-refractivity contribution in [3.05, 3.63) is 59.9 Å². The third-order valence-electron chi connectivity index (χ3n) is 4.74. The Kier molecular flexibility index (Phi) is 4.93. The summed E-state index contributed by atoms with van der Waals surface area (Å²) in [6.45, 7) is 2.46. The predicted molar refractivity (Wildman–Crippen MR) is 100 cm³/mol. The van der Waals surface area contributed by atoms with Gasteiger partial charge < -0.3 is 9.47 Å². The van der Waals surface area contributed by atoms with Gasteiger partial charge in [-0.1, -0.05) is 6.07 Å². The van der Waals surface area contributed by atoms with Crippen LogP contribution in [0.2, 0.25) is 0 Å². The molecule has 3 heterocycles. The van der Waals surface area contributed by atoms with Crippen LogP contribution in [-0.2, 0) is 19.5 Å². The summed E-state index contributed by atoms with van der Waals surface area (Å²) in [4.78, 5) is 19.7. The SMILES string of the molecule is COc1cccc(OC)c1CN1CCc2nc(-c3cncnc3)ncc2C1. The van der Waals surface area contributed by atoms with E-state index in [-0.39, 0.29) is 0 Å². The Morgan fingerprint density at radius 2 is 1.78 bits per heavy atom. The van der Waals surface area contributed by atoms with Crippen LogP contribution in [-0.4, -0.2) is 45.6 Å². The van der Waals surface area contributed by atoms with Crippen molar-refractivity contribution in [2.75, 3.05) is 20.8 Å². The van der Waals surface area contributed by atoms with E-state index in [1.165, 1.54) is 6.33 Å². The molecular weight excluding hydrogens is 342 g/mol. The maximum Gasteiger partial charge on any atom is 0.162 e. The van der Waals surface area contributed by atoms with E-state index in [4.69, 9.17) is 14.5 Å². The van der Waals surface area contributed by atoms with Crippen LogP contribution in [0.3, 0.4) is 0 Å². The smallest absolute Gasteiger partial charge is 0.162 e. The van der Waals surface area contributed by atoms with Crippen molar-refractivity contribution < 1.29 is 9.47 Å². The van der Waals surface area contributed by atoms with Gasteiger partial charge >= 0.3 is 0 Å². The summed E-state index contributed by atoms with van der Waals surface area (Å²) >= 11 is 0. The second kappa shape index (κ2) is 7.67. The summed E-state index contributed by atoms with van der Waals surface area (Å²) in [5.41, 5.74) is 4.13. The minimum absolute atomic E-state index is 0.675. The molecule has 1 aliphatic rings. The van der Waals surface area contributed by atoms with Crippen LogP contribution in [0, 0.1) is 0 Å². The maximum absolute atomic E-state index is 5.52. The predicted octanol–water partition coefficient (Wildman–Crippen LogP) is 2.51. The first-order chi connectivity index (χ1) is 13.3. The molecule has 0 saturated heterocycles. The Labute approximate surface area is 158 Å². The topological polar surface area (TPSA) is 73.3 Å². The van der Waals surface area contributed by atoms with Gasteiger partial charge in [-0.15, -0.1) is 0 Å². The molecule has 27 heavy (non-hydrogen) atoms. The van der Waals surface area contributed by atoms with E-state index in [0.717, 1.165) is 59.9 Å². The van der Waals surface area contributed by atoms with E-state index in [1.807, 2.05) is 24.4 Å². The number of nitrogens with zero attached hydrogens (tertiary/aromatic N) is 5. The lowest BCUT2D eigenvalue weighted by atomic mass is 10.1. The van der Waals surface area contributed by atoms with Crippen LogP contribution >= 0.6 is 0 Å². The largest absolute Gasteiger partial charge is 0.496 e. The van der Waals surface area contributed by atoms with Crippen molar-refractivity contribution in [1.82, 2.24) is 24.8 Å². The lowest BCUT2D eigenvalue weighted by Gasteiger charge is -2.29. The molecule has 0 atom stereocenters. The van der Waals surface area contributed by atoms with Crippen molar-refractivity contribution in [2.45, 2.75) is 19.5 Å². The zero-order chi connectivity index (χ0) is 18.6. The van der Waals surface area contributed by atoms with Gasteiger partial charge in [0.15, 0.2) is 5.82 Å². The molecule has 1 aromatic carbocycles. The number of rotatable bonds is 5. The molecule has 0 fully saturated rings. The summed E-state index contributed by atoms with van der Waals surface area (Å²) in [6.07, 6.45) is 7.76. The van der Waals surface area contributed by atoms with E-state index in [0.29, 0.717) is 5.82 Å². The van der Waals surface area contributed by atoms with Gasteiger partial charge in [0.25, 0.3) is 0 Å². The van der Waals surface area contributed by atoms with Gasteiger partial charge in [-0.3, -0.25) is 4.90 Å². The normalized spacial score (nSPS) is 13.9. The number of ether oxygens (including phenoxy) is 2. The lowest BCUT2D eigenvalue weighted by molar-refractivity contribution is 0.235. The van der Waals surface area contributed by atoms with Gasteiger partial charge in [0, 0.05) is 50.2 Å². The summed E-state index contributed by atoms with van der Waals surface area (Å²) < 4.78 is 11.0. The van der Waals surface area contributed by atoms with Crippen LogP contribution in [0.25, 0.3) is 11.4 Å². The van der Waals surface area contributed by atoms with Crippen LogP contribution in [0.5, 0.6) is 11.5 Å². The van der Waals surface area contributed by atoms with E-state index < -0.39 is 0 Å². The molecule has 0 aliphatic carbocycles. The Balaban J connectivity index is 1.55. The van der Waals surface area contributed by atoms with Crippen molar-refractivity contribution >= 4 is 0 Å². The molecule has 0 unspecified atom stereocenters. The summed E-state index contributed by atoms with van der Waals surface area (Å²) in [5.74, 6) is 2.36. The van der Waals surface area contributed by atoms with Gasteiger partial charge in [0.1, 0.15) is 17.8 Å². The van der Waals surface area contributed by atoms with E-state index in [1.54, 1.807) is 26.6 Å². The van der Waals surface area contributed by atoms with E-state index >= 15 is 0 Å². The first-order valence-electron chi connectivity index (χ1n) is 8.81. The van der Waals surface area contributed by atoms with E-state index in [2.05, 4.69) is 19.9 Å². The molecule has 0 amide bonds. The zero-order valence-corrected chi connectivity index (χ0v) is 15.4. The molecule has 1 aliphatic heterocycles. The summed E-state index contributed by atoms with van der Waals surface area (Å²) in [6, 6.07) is 5.87. The van der Waals surface area contributed by atoms with Crippen LogP contribution < -0.4 is 9.47 Å². The van der Waals surface area contributed by atoms with Gasteiger partial charge in [-0.25, -0.2) is 19.9 Å². The number of aromatic nitrogens is 4. The summed E-state index contributed by atoms with van der Waals surface area (Å²) in [5, 5.41) is 0. The number of methoxy groups -OCH3 is 2. The highest BCUT2D eigenvalue weighted by atomic mass is 16.5. The highest BCUT2D eigenvalue weighted by Gasteiger charge is 2.21. The Bertz CT molecular complexity index is 911. The molecule has 0 spiro atoms. The zero-order valence-electron chi connectivity index (χ0n) is 15.4. The van der Waals surface area contributed by atoms with Gasteiger partial charge in [0.05, 0.1) is 31.0 Å². The van der Waals surface area contributed by atoms with Crippen LogP contribution in [0.4, 0.5) is 0 Å². The quantitative estimate of drug-likeness (QED) is 0.689. The third kappa shape index (κ3) is 3.59. The second-order valence-electron chi connectivity index (χ2n) is 6.39. The first-order valence-corrected chi connectivity index (χ1v) is 8.81. The molecule has 0 saturated carbocycles. The average molecular weight is 363 g/mol. The van der Waals surface area contributed by atoms with Crippen LogP contribution in [0.1, 0.15) is 16.8 Å². The highest BCUT2D eigenvalue weighted by Crippen LogP contribution is 2.31. The van der Waals surface area contributed by atoms with Crippen molar-refractivity contribution in [1.29, 1.82) is 0 Å². The molecule has 0 N–H and O–H groups in total. The van der Waals surface area contributed by atoms with E-state index in [9.17, 15) is 0 Å². The molecule has 4 rings (SSSR count). The Morgan fingerprint density at radius 1 is 1.04 bits per heavy atom. The van der Waals surface area contributed by atoms with Gasteiger partial charge in [-0.05, 0) is 12.1 Å². The van der Waals surface area contributed by atoms with Gasteiger partial charge in [-0.2, -0.15) is 0 Å². The Hall–Kier alpha value is -3.06. The Morgan fingerprint density at radius 3 is 2.48 bits per heavy atom. The average Bonchev–Trinajstić information content (AvgIpc) is 2.74. The van der Waals surface area contributed by atoms with Crippen molar-refractivity contribution in [3.8, 4) is 22.9 Å². The summed E-state index contributed by atoms with van der Waals surface area (Å²) in [7, 11) is 3.37. The monoisotopic (exact) mass is 363 g/mol. The maximum atomic E-state index is 5.52. The minimum Gasteiger partial charge on any atom is -0.496 e. The molecule has 7 heteroatoms. The fraction of sp³-hybridized carbons (Fsp3) is 0.300. The lowest BCUT2D eigenvalue weighted by Crippen LogP contribution is -2.31. The molecule has 2 aromatic heterocycles. The van der Waals surface area contributed by atoms with Crippen molar-refractivity contribution in [2.24, 2.45) is 0 Å². The highest BCUT2D eigenvalue weighted by molar-refractivity contribution is 5.52. The number of hydrogen-bond donors (Lipinski definition) is 0. The van der Waals surface area contributed by atoms with Gasteiger partial charge in [0.2, 0.25) is 0 Å². The van der Waals surface area contributed by atoms with Crippen molar-refractivity contribution in [3.63, 3.8) is 0 Å². The molecular formula is C20H21N5O2. The number of hydrogen-bond acceptors (Lipinski definition) is 7. The second-order valence-corrected chi connectivity index (χ2v) is 6.39. The number of fused-ring (bicyclic) bond motifs is 1. The molecule has 138 valence electrons. The fourth-order valence-corrected chi connectivity index (χ4v) is 3.37. The molecule has 0 bridgehead atoms. The molecule has 7 nitrogen and oxygen atoms in total.